The highest BCUT2D eigenvalue weighted by atomic mass is 32.2. The van der Waals surface area contributed by atoms with Crippen molar-refractivity contribution >= 4 is 16.0 Å². The summed E-state index contributed by atoms with van der Waals surface area (Å²) in [6.07, 6.45) is 3.50. The fraction of sp³-hybridized carbons (Fsp3) is 0.611. The van der Waals surface area contributed by atoms with Crippen molar-refractivity contribution in [1.82, 2.24) is 15.4 Å². The number of nitrogens with zero attached hydrogens (tertiary/aromatic N) is 1. The Morgan fingerprint density at radius 1 is 1.19 bits per heavy atom. The number of sulfonamides is 1. The van der Waals surface area contributed by atoms with Gasteiger partial charge in [0.05, 0.1) is 5.75 Å². The normalized spacial score (nSPS) is 15.0. The molecular formula is C18H30N4O3S. The first-order chi connectivity index (χ1) is 12.6. The van der Waals surface area contributed by atoms with E-state index >= 15 is 0 Å². The quantitative estimate of drug-likeness (QED) is 0.286. The molecule has 26 heavy (non-hydrogen) atoms. The second kappa shape index (κ2) is 11.2. The monoisotopic (exact) mass is 382 g/mol. The number of aliphatic imine (C=N–C) groups is 1. The average molecular weight is 383 g/mol. The maximum Gasteiger partial charge on any atom is 0.213 e. The molecule has 1 aromatic rings. The molecule has 8 heteroatoms. The van der Waals surface area contributed by atoms with Gasteiger partial charge < -0.3 is 15.4 Å². The lowest BCUT2D eigenvalue weighted by Gasteiger charge is -2.12. The SMILES string of the molecule is CN=C(NCCCOCC1CC1)NCCS(=O)(=O)NCc1ccccc1. The van der Waals surface area contributed by atoms with Crippen molar-refractivity contribution in [2.45, 2.75) is 25.8 Å². The van der Waals surface area contributed by atoms with Gasteiger partial charge in [-0.2, -0.15) is 0 Å². The summed E-state index contributed by atoms with van der Waals surface area (Å²) in [7, 11) is -1.67. The summed E-state index contributed by atoms with van der Waals surface area (Å²) < 4.78 is 32.3. The molecule has 146 valence electrons. The number of hydrogen-bond acceptors (Lipinski definition) is 4. The summed E-state index contributed by atoms with van der Waals surface area (Å²) in [4.78, 5) is 4.10. The molecule has 2 rings (SSSR count). The van der Waals surface area contributed by atoms with Crippen LogP contribution in [0.1, 0.15) is 24.8 Å². The Balaban J connectivity index is 1.55. The van der Waals surface area contributed by atoms with E-state index in [1.165, 1.54) is 12.8 Å². The topological polar surface area (TPSA) is 91.8 Å². The van der Waals surface area contributed by atoms with Crippen LogP contribution >= 0.6 is 0 Å². The molecule has 7 nitrogen and oxygen atoms in total. The molecule has 0 radical (unpaired) electrons. The van der Waals surface area contributed by atoms with Gasteiger partial charge >= 0.3 is 0 Å². The summed E-state index contributed by atoms with van der Waals surface area (Å²) in [5, 5.41) is 6.18. The summed E-state index contributed by atoms with van der Waals surface area (Å²) in [6, 6.07) is 9.46. The molecule has 0 aromatic heterocycles. The number of ether oxygens (including phenoxy) is 1. The number of benzene rings is 1. The van der Waals surface area contributed by atoms with Gasteiger partial charge in [0, 0.05) is 39.9 Å². The number of rotatable bonds is 12. The number of nitrogens with one attached hydrogen (secondary N) is 3. The van der Waals surface area contributed by atoms with E-state index in [4.69, 9.17) is 4.74 Å². The minimum absolute atomic E-state index is 0.00890. The van der Waals surface area contributed by atoms with Crippen molar-refractivity contribution in [1.29, 1.82) is 0 Å². The van der Waals surface area contributed by atoms with Gasteiger partial charge in [0.15, 0.2) is 5.96 Å². The first kappa shape index (κ1) is 20.7. The molecule has 0 unspecified atom stereocenters. The molecule has 0 amide bonds. The van der Waals surface area contributed by atoms with Crippen LogP contribution in [0.15, 0.2) is 35.3 Å². The van der Waals surface area contributed by atoms with E-state index in [1.807, 2.05) is 30.3 Å². The molecule has 0 bridgehead atoms. The van der Waals surface area contributed by atoms with E-state index in [1.54, 1.807) is 7.05 Å². The maximum atomic E-state index is 12.0. The van der Waals surface area contributed by atoms with Crippen molar-refractivity contribution in [3.8, 4) is 0 Å². The van der Waals surface area contributed by atoms with Crippen LogP contribution in [0.5, 0.6) is 0 Å². The molecule has 3 N–H and O–H groups in total. The molecule has 1 aliphatic rings. The average Bonchev–Trinajstić information content (AvgIpc) is 3.46. The Hall–Kier alpha value is -1.64. The third-order valence-corrected chi connectivity index (χ3v) is 5.36. The molecule has 0 atom stereocenters. The smallest absolute Gasteiger partial charge is 0.213 e. The van der Waals surface area contributed by atoms with Crippen molar-refractivity contribution in [2.75, 3.05) is 39.1 Å². The highest BCUT2D eigenvalue weighted by molar-refractivity contribution is 7.89. The Morgan fingerprint density at radius 2 is 1.92 bits per heavy atom. The second-order valence-corrected chi connectivity index (χ2v) is 8.35. The maximum absolute atomic E-state index is 12.0. The third kappa shape index (κ3) is 9.17. The van der Waals surface area contributed by atoms with Gasteiger partial charge in [0.1, 0.15) is 0 Å². The Bertz CT molecular complexity index is 646. The molecule has 0 spiro atoms. The van der Waals surface area contributed by atoms with Gasteiger partial charge in [-0.25, -0.2) is 13.1 Å². The molecule has 0 heterocycles. The van der Waals surface area contributed by atoms with E-state index in [-0.39, 0.29) is 5.75 Å². The van der Waals surface area contributed by atoms with Crippen molar-refractivity contribution in [3.05, 3.63) is 35.9 Å². The van der Waals surface area contributed by atoms with E-state index < -0.39 is 10.0 Å². The molecule has 1 saturated carbocycles. The van der Waals surface area contributed by atoms with Crippen molar-refractivity contribution in [3.63, 3.8) is 0 Å². The summed E-state index contributed by atoms with van der Waals surface area (Å²) in [5.74, 6) is 1.38. The lowest BCUT2D eigenvalue weighted by molar-refractivity contribution is 0.123. The van der Waals surface area contributed by atoms with Gasteiger partial charge in [-0.1, -0.05) is 30.3 Å². The summed E-state index contributed by atoms with van der Waals surface area (Å²) >= 11 is 0. The lowest BCUT2D eigenvalue weighted by Crippen LogP contribution is -2.41. The van der Waals surface area contributed by atoms with Gasteiger partial charge in [-0.15, -0.1) is 0 Å². The molecule has 0 saturated heterocycles. The van der Waals surface area contributed by atoms with Crippen LogP contribution in [0.2, 0.25) is 0 Å². The number of guanidine groups is 1. The van der Waals surface area contributed by atoms with Crippen molar-refractivity contribution < 1.29 is 13.2 Å². The highest BCUT2D eigenvalue weighted by Crippen LogP contribution is 2.28. The minimum atomic E-state index is -3.33. The number of hydrogen-bond donors (Lipinski definition) is 3. The van der Waals surface area contributed by atoms with Crippen LogP contribution in [0.25, 0.3) is 0 Å². The largest absolute Gasteiger partial charge is 0.381 e. The predicted octanol–water partition coefficient (Wildman–Crippen LogP) is 1.09. The third-order valence-electron chi connectivity index (χ3n) is 4.03. The fourth-order valence-electron chi connectivity index (χ4n) is 2.30. The Kier molecular flexibility index (Phi) is 8.87. The lowest BCUT2D eigenvalue weighted by atomic mass is 10.2. The van der Waals surface area contributed by atoms with Crippen LogP contribution in [0.4, 0.5) is 0 Å². The standard InChI is InChI=1S/C18H30N4O3S/c1-19-18(20-10-5-12-25-15-17-8-9-17)21-11-13-26(23,24)22-14-16-6-3-2-4-7-16/h2-4,6-7,17,22H,5,8-15H2,1H3,(H2,19,20,21). The van der Waals surface area contributed by atoms with Gasteiger partial charge in [0.25, 0.3) is 0 Å². The van der Waals surface area contributed by atoms with Crippen LogP contribution in [0.3, 0.4) is 0 Å². The van der Waals surface area contributed by atoms with Gasteiger partial charge in [-0.05, 0) is 30.7 Å². The fourth-order valence-corrected chi connectivity index (χ4v) is 3.20. The Labute approximate surface area is 156 Å². The zero-order chi connectivity index (χ0) is 18.7. The van der Waals surface area contributed by atoms with E-state index in [0.717, 1.165) is 37.7 Å². The zero-order valence-corrected chi connectivity index (χ0v) is 16.2. The van der Waals surface area contributed by atoms with Crippen molar-refractivity contribution in [2.24, 2.45) is 10.9 Å². The van der Waals surface area contributed by atoms with E-state index in [0.29, 0.717) is 19.0 Å². The minimum Gasteiger partial charge on any atom is -0.381 e. The van der Waals surface area contributed by atoms with E-state index in [2.05, 4.69) is 20.3 Å². The zero-order valence-electron chi connectivity index (χ0n) is 15.4. The first-order valence-electron chi connectivity index (χ1n) is 9.12. The van der Waals surface area contributed by atoms with Crippen LogP contribution in [-0.2, 0) is 21.3 Å². The van der Waals surface area contributed by atoms with Crippen LogP contribution in [0, 0.1) is 5.92 Å². The molecule has 1 fully saturated rings. The van der Waals surface area contributed by atoms with Gasteiger partial charge in [0.2, 0.25) is 10.0 Å². The molecular weight excluding hydrogens is 352 g/mol. The van der Waals surface area contributed by atoms with Crippen LogP contribution < -0.4 is 15.4 Å². The molecule has 1 aromatic carbocycles. The second-order valence-electron chi connectivity index (χ2n) is 6.42. The first-order valence-corrected chi connectivity index (χ1v) is 10.8. The Morgan fingerprint density at radius 3 is 2.62 bits per heavy atom. The molecule has 0 aliphatic heterocycles. The van der Waals surface area contributed by atoms with Crippen LogP contribution in [-0.4, -0.2) is 53.5 Å². The summed E-state index contributed by atoms with van der Waals surface area (Å²) in [6.45, 7) is 2.95. The van der Waals surface area contributed by atoms with E-state index in [9.17, 15) is 8.42 Å². The summed E-state index contributed by atoms with van der Waals surface area (Å²) in [5.41, 5.74) is 0.936. The van der Waals surface area contributed by atoms with Gasteiger partial charge in [-0.3, -0.25) is 4.99 Å². The predicted molar refractivity (Wildman–Crippen MR) is 105 cm³/mol. The highest BCUT2D eigenvalue weighted by Gasteiger charge is 2.20. The molecule has 1 aliphatic carbocycles.